The molecule has 8 heteroatoms. The van der Waals surface area contributed by atoms with Crippen LogP contribution in [0.15, 0.2) is 60.7 Å². The molecule has 0 bridgehead atoms. The zero-order valence-corrected chi connectivity index (χ0v) is 19.7. The Kier molecular flexibility index (Phi) is 6.34. The van der Waals surface area contributed by atoms with Crippen molar-refractivity contribution in [2.75, 3.05) is 25.0 Å². The van der Waals surface area contributed by atoms with E-state index in [4.69, 9.17) is 4.74 Å². The van der Waals surface area contributed by atoms with Crippen molar-refractivity contribution in [3.05, 3.63) is 83.2 Å². The molecule has 1 N–H and O–H groups in total. The number of carboxylic acid groups (broad SMARTS) is 1. The number of carboxylic acids is 1. The number of likely N-dealkylation sites (N-methyl/N-ethyl adjacent to an activating group) is 2. The van der Waals surface area contributed by atoms with Gasteiger partial charge in [0.2, 0.25) is 12.0 Å². The SMILES string of the molecule is CCN1CC(=O)N(C)c2ccccc2[C@@]1(c1ccccc1)[C@H](Oc1nc(C)cc(C)n1)C(=O)O. The Balaban J connectivity index is 2.07. The summed E-state index contributed by atoms with van der Waals surface area (Å²) in [6.07, 6.45) is -1.45. The van der Waals surface area contributed by atoms with Gasteiger partial charge in [-0.3, -0.25) is 9.69 Å². The monoisotopic (exact) mass is 460 g/mol. The van der Waals surface area contributed by atoms with Gasteiger partial charge >= 0.3 is 12.0 Å². The third kappa shape index (κ3) is 3.90. The molecule has 34 heavy (non-hydrogen) atoms. The van der Waals surface area contributed by atoms with Gasteiger partial charge in [0.05, 0.1) is 6.54 Å². The molecule has 0 unspecified atom stereocenters. The molecule has 0 aliphatic carbocycles. The molecule has 0 fully saturated rings. The van der Waals surface area contributed by atoms with Crippen LogP contribution in [0.25, 0.3) is 0 Å². The number of aliphatic carboxylic acids is 1. The summed E-state index contributed by atoms with van der Waals surface area (Å²) in [6, 6.07) is 18.5. The molecular weight excluding hydrogens is 432 g/mol. The number of anilines is 1. The quantitative estimate of drug-likeness (QED) is 0.604. The molecule has 1 amide bonds. The summed E-state index contributed by atoms with van der Waals surface area (Å²) in [6.45, 7) is 5.93. The predicted octanol–water partition coefficient (Wildman–Crippen LogP) is 3.17. The van der Waals surface area contributed by atoms with Gasteiger partial charge in [-0.05, 0) is 38.1 Å². The highest BCUT2D eigenvalue weighted by molar-refractivity contribution is 5.97. The number of carbonyl (C=O) groups excluding carboxylic acids is 1. The lowest BCUT2D eigenvalue weighted by Crippen LogP contribution is -2.60. The van der Waals surface area contributed by atoms with Crippen molar-refractivity contribution in [2.45, 2.75) is 32.4 Å². The highest BCUT2D eigenvalue weighted by atomic mass is 16.5. The number of benzene rings is 2. The highest BCUT2D eigenvalue weighted by Gasteiger charge is 2.55. The average Bonchev–Trinajstić information content (AvgIpc) is 2.91. The molecule has 176 valence electrons. The molecule has 2 heterocycles. The minimum absolute atomic E-state index is 0.0113. The maximum atomic E-state index is 13.2. The molecule has 2 aromatic carbocycles. The van der Waals surface area contributed by atoms with Crippen LogP contribution in [-0.2, 0) is 15.1 Å². The van der Waals surface area contributed by atoms with E-state index in [-0.39, 0.29) is 18.5 Å². The third-order valence-corrected chi connectivity index (χ3v) is 6.26. The maximum absolute atomic E-state index is 13.2. The van der Waals surface area contributed by atoms with Crippen LogP contribution in [0.2, 0.25) is 0 Å². The van der Waals surface area contributed by atoms with E-state index in [1.165, 1.54) is 0 Å². The zero-order valence-electron chi connectivity index (χ0n) is 19.7. The Morgan fingerprint density at radius 2 is 1.71 bits per heavy atom. The van der Waals surface area contributed by atoms with Crippen molar-refractivity contribution in [1.82, 2.24) is 14.9 Å². The van der Waals surface area contributed by atoms with Crippen molar-refractivity contribution in [3.63, 3.8) is 0 Å². The Bertz CT molecular complexity index is 1200. The van der Waals surface area contributed by atoms with Gasteiger partial charge in [-0.2, -0.15) is 0 Å². The van der Waals surface area contributed by atoms with Crippen LogP contribution >= 0.6 is 0 Å². The number of aromatic nitrogens is 2. The van der Waals surface area contributed by atoms with E-state index in [9.17, 15) is 14.7 Å². The van der Waals surface area contributed by atoms with E-state index >= 15 is 0 Å². The van der Waals surface area contributed by atoms with Gasteiger partial charge in [0.15, 0.2) is 0 Å². The van der Waals surface area contributed by atoms with Crippen molar-refractivity contribution < 1.29 is 19.4 Å². The van der Waals surface area contributed by atoms with E-state index in [0.717, 1.165) is 0 Å². The minimum Gasteiger partial charge on any atom is -0.478 e. The van der Waals surface area contributed by atoms with Gasteiger partial charge in [0, 0.05) is 29.7 Å². The fraction of sp³-hybridized carbons (Fsp3) is 0.308. The number of aryl methyl sites for hydroxylation is 2. The van der Waals surface area contributed by atoms with Crippen LogP contribution in [0.4, 0.5) is 5.69 Å². The van der Waals surface area contributed by atoms with E-state index in [1.807, 2.05) is 66.4 Å². The fourth-order valence-electron chi connectivity index (χ4n) is 4.80. The number of nitrogens with zero attached hydrogens (tertiary/aromatic N) is 4. The summed E-state index contributed by atoms with van der Waals surface area (Å²) in [7, 11) is 1.71. The minimum atomic E-state index is -1.45. The van der Waals surface area contributed by atoms with Crippen molar-refractivity contribution >= 4 is 17.6 Å². The third-order valence-electron chi connectivity index (χ3n) is 6.26. The van der Waals surface area contributed by atoms with Crippen molar-refractivity contribution in [1.29, 1.82) is 0 Å². The molecule has 0 spiro atoms. The van der Waals surface area contributed by atoms with Gasteiger partial charge in [-0.25, -0.2) is 14.8 Å². The molecule has 1 aliphatic rings. The summed E-state index contributed by atoms with van der Waals surface area (Å²) >= 11 is 0. The Hall–Kier alpha value is -3.78. The predicted molar refractivity (Wildman–Crippen MR) is 128 cm³/mol. The molecular formula is C26H28N4O4. The van der Waals surface area contributed by atoms with Crippen LogP contribution < -0.4 is 9.64 Å². The summed E-state index contributed by atoms with van der Waals surface area (Å²) < 4.78 is 6.16. The molecule has 0 saturated heterocycles. The number of amides is 1. The summed E-state index contributed by atoms with van der Waals surface area (Å²) in [5, 5.41) is 10.6. The second kappa shape index (κ2) is 9.23. The molecule has 1 aliphatic heterocycles. The van der Waals surface area contributed by atoms with Crippen LogP contribution in [0.5, 0.6) is 6.01 Å². The van der Waals surface area contributed by atoms with Crippen molar-refractivity contribution in [3.8, 4) is 6.01 Å². The average molecular weight is 461 g/mol. The maximum Gasteiger partial charge on any atom is 0.347 e. The largest absolute Gasteiger partial charge is 0.478 e. The summed E-state index contributed by atoms with van der Waals surface area (Å²) in [4.78, 5) is 38.3. The number of hydrogen-bond acceptors (Lipinski definition) is 6. The van der Waals surface area contributed by atoms with E-state index in [2.05, 4.69) is 9.97 Å². The van der Waals surface area contributed by atoms with Crippen LogP contribution in [0, 0.1) is 13.8 Å². The van der Waals surface area contributed by atoms with Crippen LogP contribution in [0.1, 0.15) is 29.4 Å². The number of para-hydroxylation sites is 1. The fourth-order valence-corrected chi connectivity index (χ4v) is 4.80. The lowest BCUT2D eigenvalue weighted by atomic mass is 9.75. The first kappa shape index (κ1) is 23.4. The molecule has 8 nitrogen and oxygen atoms in total. The first-order valence-electron chi connectivity index (χ1n) is 11.2. The first-order chi connectivity index (χ1) is 16.3. The topological polar surface area (TPSA) is 95.9 Å². The first-order valence-corrected chi connectivity index (χ1v) is 11.2. The number of rotatable bonds is 6. The number of hydrogen-bond donors (Lipinski definition) is 1. The number of carbonyl (C=O) groups is 2. The van der Waals surface area contributed by atoms with E-state index in [0.29, 0.717) is 34.7 Å². The molecule has 1 aromatic heterocycles. The number of fused-ring (bicyclic) bond motifs is 1. The molecule has 3 aromatic rings. The van der Waals surface area contributed by atoms with Gasteiger partial charge in [-0.15, -0.1) is 0 Å². The Morgan fingerprint density at radius 3 is 2.32 bits per heavy atom. The second-order valence-corrected chi connectivity index (χ2v) is 8.39. The Labute approximate surface area is 198 Å². The van der Waals surface area contributed by atoms with Gasteiger partial charge in [0.1, 0.15) is 5.54 Å². The highest BCUT2D eigenvalue weighted by Crippen LogP contribution is 2.46. The smallest absolute Gasteiger partial charge is 0.347 e. The Morgan fingerprint density at radius 1 is 1.09 bits per heavy atom. The molecule has 0 saturated carbocycles. The van der Waals surface area contributed by atoms with E-state index < -0.39 is 17.6 Å². The van der Waals surface area contributed by atoms with Crippen molar-refractivity contribution in [2.24, 2.45) is 0 Å². The van der Waals surface area contributed by atoms with Gasteiger partial charge in [0.25, 0.3) is 0 Å². The van der Waals surface area contributed by atoms with E-state index in [1.54, 1.807) is 31.9 Å². The molecule has 0 radical (unpaired) electrons. The lowest BCUT2D eigenvalue weighted by Gasteiger charge is -2.46. The second-order valence-electron chi connectivity index (χ2n) is 8.39. The zero-order chi connectivity index (χ0) is 24.5. The van der Waals surface area contributed by atoms with Gasteiger partial charge in [-0.1, -0.05) is 55.5 Å². The normalized spacial score (nSPS) is 19.3. The molecule has 4 rings (SSSR count). The summed E-state index contributed by atoms with van der Waals surface area (Å²) in [5.41, 5.74) is 1.99. The van der Waals surface area contributed by atoms with Crippen LogP contribution in [-0.4, -0.2) is 58.1 Å². The number of ether oxygens (including phenoxy) is 1. The van der Waals surface area contributed by atoms with Gasteiger partial charge < -0.3 is 14.7 Å². The summed E-state index contributed by atoms with van der Waals surface area (Å²) in [5.74, 6) is -1.32. The molecule has 2 atom stereocenters. The standard InChI is InChI=1S/C26H28N4O4/c1-5-30-16-22(31)29(4)21-14-10-9-13-20(21)26(30,19-11-7-6-8-12-19)23(24(32)33)34-25-27-17(2)15-18(3)28-25/h6-15,23H,5,16H2,1-4H3,(H,32,33)/t23-,26+/m1/s1. The van der Waals surface area contributed by atoms with Crippen LogP contribution in [0.3, 0.4) is 0 Å². The lowest BCUT2D eigenvalue weighted by molar-refractivity contribution is -0.153.